The van der Waals surface area contributed by atoms with Crippen LogP contribution in [0.5, 0.6) is 0 Å². The molecule has 5 nitrogen and oxygen atoms in total. The maximum atomic E-state index is 5.36. The zero-order valence-corrected chi connectivity index (χ0v) is 10.7. The van der Waals surface area contributed by atoms with Crippen molar-refractivity contribution in [2.45, 2.75) is 13.0 Å². The van der Waals surface area contributed by atoms with Crippen LogP contribution in [0.3, 0.4) is 0 Å². The Kier molecular flexibility index (Phi) is 12.7. The summed E-state index contributed by atoms with van der Waals surface area (Å²) in [4.78, 5) is 0. The fourth-order valence-corrected chi connectivity index (χ4v) is 0.997. The summed E-state index contributed by atoms with van der Waals surface area (Å²) in [7, 11) is 3.37. The molecule has 0 saturated heterocycles. The monoisotopic (exact) mass is 235 g/mol. The number of rotatable bonds is 12. The Labute approximate surface area is 98.4 Å². The topological polar surface area (TPSA) is 49.0 Å². The third-order valence-electron chi connectivity index (χ3n) is 2.06. The second kappa shape index (κ2) is 12.9. The van der Waals surface area contributed by atoms with Gasteiger partial charge in [0.15, 0.2) is 0 Å². The van der Waals surface area contributed by atoms with Gasteiger partial charge < -0.3 is 24.3 Å². The molecule has 0 amide bonds. The Balaban J connectivity index is 2.93. The van der Waals surface area contributed by atoms with Crippen LogP contribution in [-0.4, -0.2) is 66.4 Å². The van der Waals surface area contributed by atoms with Gasteiger partial charge in [0.2, 0.25) is 0 Å². The van der Waals surface area contributed by atoms with Crippen LogP contribution in [0.2, 0.25) is 0 Å². The summed E-state index contributed by atoms with van der Waals surface area (Å²) in [5.41, 5.74) is 0. The summed E-state index contributed by atoms with van der Waals surface area (Å²) in [6, 6.07) is 0. The van der Waals surface area contributed by atoms with Crippen molar-refractivity contribution in [3.05, 3.63) is 0 Å². The molecule has 1 unspecified atom stereocenters. The van der Waals surface area contributed by atoms with E-state index < -0.39 is 0 Å². The molecule has 0 bridgehead atoms. The highest BCUT2D eigenvalue weighted by molar-refractivity contribution is 4.53. The van der Waals surface area contributed by atoms with Crippen molar-refractivity contribution >= 4 is 0 Å². The lowest BCUT2D eigenvalue weighted by Crippen LogP contribution is -2.29. The van der Waals surface area contributed by atoms with E-state index in [1.165, 1.54) is 0 Å². The van der Waals surface area contributed by atoms with E-state index >= 15 is 0 Å². The SMILES string of the molecule is COCCOCCOCCNCC(C)OC. The minimum atomic E-state index is 0.248. The number of nitrogens with one attached hydrogen (secondary N) is 1. The van der Waals surface area contributed by atoms with Gasteiger partial charge in [-0.15, -0.1) is 0 Å². The minimum absolute atomic E-state index is 0.248. The normalized spacial score (nSPS) is 12.9. The molecule has 5 heteroatoms. The molecule has 0 radical (unpaired) electrons. The first-order valence-corrected chi connectivity index (χ1v) is 5.69. The first-order valence-electron chi connectivity index (χ1n) is 5.69. The predicted octanol–water partition coefficient (Wildman–Crippen LogP) is 0.291. The van der Waals surface area contributed by atoms with Crippen molar-refractivity contribution in [1.82, 2.24) is 5.32 Å². The number of methoxy groups -OCH3 is 2. The van der Waals surface area contributed by atoms with Gasteiger partial charge in [-0.05, 0) is 6.92 Å². The predicted molar refractivity (Wildman–Crippen MR) is 62.9 cm³/mol. The van der Waals surface area contributed by atoms with E-state index in [0.717, 1.165) is 13.1 Å². The zero-order valence-electron chi connectivity index (χ0n) is 10.7. The van der Waals surface area contributed by atoms with E-state index in [1.807, 2.05) is 6.92 Å². The molecule has 0 heterocycles. The van der Waals surface area contributed by atoms with Crippen LogP contribution in [0.15, 0.2) is 0 Å². The lowest BCUT2D eigenvalue weighted by molar-refractivity contribution is 0.0249. The molecule has 16 heavy (non-hydrogen) atoms. The molecule has 0 fully saturated rings. The van der Waals surface area contributed by atoms with Crippen LogP contribution in [0.1, 0.15) is 6.92 Å². The molecule has 0 aromatic rings. The van der Waals surface area contributed by atoms with Crippen LogP contribution in [0.25, 0.3) is 0 Å². The van der Waals surface area contributed by atoms with Crippen molar-refractivity contribution in [1.29, 1.82) is 0 Å². The lowest BCUT2D eigenvalue weighted by atomic mass is 10.4. The summed E-state index contributed by atoms with van der Waals surface area (Å²) in [6.07, 6.45) is 0.248. The highest BCUT2D eigenvalue weighted by Gasteiger charge is 1.97. The summed E-state index contributed by atoms with van der Waals surface area (Å²) in [5, 5.41) is 3.24. The standard InChI is InChI=1S/C11H25NO4/c1-11(14-3)10-12-4-5-15-8-9-16-7-6-13-2/h11-12H,4-10H2,1-3H3. The molecule has 0 aliphatic heterocycles. The number of ether oxygens (including phenoxy) is 4. The Bertz CT molecular complexity index is 135. The van der Waals surface area contributed by atoms with Crippen LogP contribution >= 0.6 is 0 Å². The second-order valence-electron chi connectivity index (χ2n) is 3.47. The molecule has 0 aliphatic carbocycles. The lowest BCUT2D eigenvalue weighted by Gasteiger charge is -2.10. The Morgan fingerprint density at radius 2 is 1.56 bits per heavy atom. The summed E-state index contributed by atoms with van der Waals surface area (Å²) >= 11 is 0. The highest BCUT2D eigenvalue weighted by Crippen LogP contribution is 1.83. The first-order chi connectivity index (χ1) is 7.81. The molecule has 0 spiro atoms. The molecule has 1 atom stereocenters. The largest absolute Gasteiger partial charge is 0.382 e. The van der Waals surface area contributed by atoms with Crippen LogP contribution < -0.4 is 5.32 Å². The molecular weight excluding hydrogens is 210 g/mol. The van der Waals surface area contributed by atoms with Gasteiger partial charge >= 0.3 is 0 Å². The van der Waals surface area contributed by atoms with Crippen LogP contribution in [0.4, 0.5) is 0 Å². The van der Waals surface area contributed by atoms with E-state index in [9.17, 15) is 0 Å². The first kappa shape index (κ1) is 15.8. The second-order valence-corrected chi connectivity index (χ2v) is 3.47. The molecule has 98 valence electrons. The van der Waals surface area contributed by atoms with Gasteiger partial charge in [0.05, 0.1) is 39.1 Å². The Hall–Kier alpha value is -0.200. The van der Waals surface area contributed by atoms with E-state index in [-0.39, 0.29) is 6.10 Å². The maximum absolute atomic E-state index is 5.36. The van der Waals surface area contributed by atoms with Crippen LogP contribution in [-0.2, 0) is 18.9 Å². The average Bonchev–Trinajstić information content (AvgIpc) is 2.31. The zero-order chi connectivity index (χ0) is 12.1. The fourth-order valence-electron chi connectivity index (χ4n) is 0.997. The third-order valence-corrected chi connectivity index (χ3v) is 2.06. The van der Waals surface area contributed by atoms with Crippen LogP contribution in [0, 0.1) is 0 Å². The molecule has 0 aromatic carbocycles. The molecule has 0 saturated carbocycles. The van der Waals surface area contributed by atoms with Gasteiger partial charge in [0.1, 0.15) is 0 Å². The number of hydrogen-bond donors (Lipinski definition) is 1. The van der Waals surface area contributed by atoms with Crippen molar-refractivity contribution in [3.8, 4) is 0 Å². The van der Waals surface area contributed by atoms with E-state index in [1.54, 1.807) is 14.2 Å². The van der Waals surface area contributed by atoms with Crippen molar-refractivity contribution in [3.63, 3.8) is 0 Å². The molecule has 1 N–H and O–H groups in total. The fraction of sp³-hybridized carbons (Fsp3) is 1.00. The average molecular weight is 235 g/mol. The summed E-state index contributed by atoms with van der Waals surface area (Å²) in [5.74, 6) is 0. The van der Waals surface area contributed by atoms with Gasteiger partial charge in [-0.2, -0.15) is 0 Å². The molecular formula is C11H25NO4. The smallest absolute Gasteiger partial charge is 0.0701 e. The minimum Gasteiger partial charge on any atom is -0.382 e. The quantitative estimate of drug-likeness (QED) is 0.493. The third kappa shape index (κ3) is 11.9. The van der Waals surface area contributed by atoms with Gasteiger partial charge in [-0.1, -0.05) is 0 Å². The Morgan fingerprint density at radius 1 is 0.938 bits per heavy atom. The van der Waals surface area contributed by atoms with Gasteiger partial charge in [0.25, 0.3) is 0 Å². The van der Waals surface area contributed by atoms with Crippen molar-refractivity contribution < 1.29 is 18.9 Å². The van der Waals surface area contributed by atoms with Crippen molar-refractivity contribution in [2.24, 2.45) is 0 Å². The van der Waals surface area contributed by atoms with Gasteiger partial charge in [-0.3, -0.25) is 0 Å². The Morgan fingerprint density at radius 3 is 2.19 bits per heavy atom. The summed E-state index contributed by atoms with van der Waals surface area (Å²) < 4.78 is 20.6. The maximum Gasteiger partial charge on any atom is 0.0701 e. The molecule has 0 aliphatic rings. The van der Waals surface area contributed by atoms with Gasteiger partial charge in [0, 0.05) is 27.3 Å². The van der Waals surface area contributed by atoms with Crippen molar-refractivity contribution in [2.75, 3.05) is 60.3 Å². The summed E-state index contributed by atoms with van der Waals surface area (Å²) in [6.45, 7) is 6.93. The van der Waals surface area contributed by atoms with E-state index in [0.29, 0.717) is 33.0 Å². The van der Waals surface area contributed by atoms with E-state index in [2.05, 4.69) is 5.32 Å². The molecule has 0 aromatic heterocycles. The highest BCUT2D eigenvalue weighted by atomic mass is 16.5. The van der Waals surface area contributed by atoms with E-state index in [4.69, 9.17) is 18.9 Å². The van der Waals surface area contributed by atoms with Gasteiger partial charge in [-0.25, -0.2) is 0 Å². The number of hydrogen-bond acceptors (Lipinski definition) is 5. The molecule has 0 rings (SSSR count).